The zero-order valence-corrected chi connectivity index (χ0v) is 27.5. The SMILES string of the molecule is CC/C=C\C/C=C\C/C=C\CCCCCCCC(=O)O.CCCCCCCCCCCCCCCCCC(=O)OC. The molecule has 4 nitrogen and oxygen atoms in total. The average molecular weight is 577 g/mol. The van der Waals surface area contributed by atoms with Crippen LogP contribution in [0.4, 0.5) is 0 Å². The van der Waals surface area contributed by atoms with Gasteiger partial charge in [0.15, 0.2) is 0 Å². The molecule has 0 bridgehead atoms. The van der Waals surface area contributed by atoms with Gasteiger partial charge in [-0.1, -0.05) is 159 Å². The summed E-state index contributed by atoms with van der Waals surface area (Å²) in [6.45, 7) is 4.42. The van der Waals surface area contributed by atoms with Crippen molar-refractivity contribution < 1.29 is 19.4 Å². The van der Waals surface area contributed by atoms with Crippen molar-refractivity contribution in [3.63, 3.8) is 0 Å². The Kier molecular flexibility index (Phi) is 38.4. The Labute approximate surface area is 255 Å². The van der Waals surface area contributed by atoms with Gasteiger partial charge in [0, 0.05) is 12.8 Å². The van der Waals surface area contributed by atoms with Gasteiger partial charge in [0.2, 0.25) is 0 Å². The largest absolute Gasteiger partial charge is 0.481 e. The van der Waals surface area contributed by atoms with Crippen molar-refractivity contribution in [1.29, 1.82) is 0 Å². The van der Waals surface area contributed by atoms with Crippen LogP contribution in [-0.4, -0.2) is 24.2 Å². The van der Waals surface area contributed by atoms with Gasteiger partial charge in [0.25, 0.3) is 0 Å². The maximum Gasteiger partial charge on any atom is 0.305 e. The normalized spacial score (nSPS) is 11.4. The Balaban J connectivity index is 0. The van der Waals surface area contributed by atoms with E-state index >= 15 is 0 Å². The molecule has 0 saturated heterocycles. The summed E-state index contributed by atoms with van der Waals surface area (Å²) < 4.78 is 4.63. The van der Waals surface area contributed by atoms with E-state index in [1.54, 1.807) is 0 Å². The summed E-state index contributed by atoms with van der Waals surface area (Å²) in [6, 6.07) is 0. The number of rotatable bonds is 29. The zero-order valence-electron chi connectivity index (χ0n) is 27.5. The summed E-state index contributed by atoms with van der Waals surface area (Å²) in [6.07, 6.45) is 44.3. The number of carboxylic acids is 1. The van der Waals surface area contributed by atoms with E-state index in [0.717, 1.165) is 51.4 Å². The predicted molar refractivity (Wildman–Crippen MR) is 178 cm³/mol. The molecule has 0 aliphatic rings. The number of allylic oxidation sites excluding steroid dienone is 6. The molecule has 0 spiro atoms. The highest BCUT2D eigenvalue weighted by atomic mass is 16.5. The lowest BCUT2D eigenvalue weighted by Crippen LogP contribution is -1.99. The van der Waals surface area contributed by atoms with E-state index in [1.165, 1.54) is 110 Å². The quantitative estimate of drug-likeness (QED) is 0.0546. The fraction of sp³-hybridized carbons (Fsp3) is 0.784. The lowest BCUT2D eigenvalue weighted by Gasteiger charge is -2.03. The predicted octanol–water partition coefficient (Wildman–Crippen LogP) is 12.1. The number of carbonyl (C=O) groups is 2. The van der Waals surface area contributed by atoms with Gasteiger partial charge in [-0.25, -0.2) is 0 Å². The summed E-state index contributed by atoms with van der Waals surface area (Å²) in [5.41, 5.74) is 0. The molecule has 1 N–H and O–H groups in total. The highest BCUT2D eigenvalue weighted by Gasteiger charge is 1.99. The third-order valence-electron chi connectivity index (χ3n) is 7.25. The molecule has 0 aliphatic carbocycles. The van der Waals surface area contributed by atoms with Crippen LogP contribution >= 0.6 is 0 Å². The van der Waals surface area contributed by atoms with Crippen LogP contribution in [0.25, 0.3) is 0 Å². The van der Waals surface area contributed by atoms with Crippen LogP contribution in [0, 0.1) is 0 Å². The summed E-state index contributed by atoms with van der Waals surface area (Å²) >= 11 is 0. The fourth-order valence-electron chi connectivity index (χ4n) is 4.64. The number of methoxy groups -OCH3 is 1. The van der Waals surface area contributed by atoms with Crippen molar-refractivity contribution in [2.75, 3.05) is 7.11 Å². The van der Waals surface area contributed by atoms with E-state index in [2.05, 4.69) is 55.0 Å². The van der Waals surface area contributed by atoms with E-state index in [4.69, 9.17) is 5.11 Å². The molecule has 4 heteroatoms. The van der Waals surface area contributed by atoms with Gasteiger partial charge in [-0.15, -0.1) is 0 Å². The first-order valence-electron chi connectivity index (χ1n) is 17.3. The Bertz CT molecular complexity index is 620. The number of hydrogen-bond donors (Lipinski definition) is 1. The van der Waals surface area contributed by atoms with Crippen molar-refractivity contribution in [2.24, 2.45) is 0 Å². The fourth-order valence-corrected chi connectivity index (χ4v) is 4.64. The second-order valence-electron chi connectivity index (χ2n) is 11.3. The van der Waals surface area contributed by atoms with Crippen LogP contribution in [0.2, 0.25) is 0 Å². The number of carboxylic acid groups (broad SMARTS) is 1. The maximum absolute atomic E-state index is 10.9. The summed E-state index contributed by atoms with van der Waals surface area (Å²) in [7, 11) is 1.47. The molecule has 0 rings (SSSR count). The Morgan fingerprint density at radius 1 is 0.512 bits per heavy atom. The molecule has 0 heterocycles. The summed E-state index contributed by atoms with van der Waals surface area (Å²) in [4.78, 5) is 21.2. The molecule has 0 aromatic heterocycles. The number of esters is 1. The number of ether oxygens (including phenoxy) is 1. The minimum Gasteiger partial charge on any atom is -0.481 e. The molecular formula is C37H68O4. The molecule has 0 aliphatic heterocycles. The van der Waals surface area contributed by atoms with Gasteiger partial charge < -0.3 is 9.84 Å². The molecule has 0 atom stereocenters. The van der Waals surface area contributed by atoms with Gasteiger partial charge >= 0.3 is 11.9 Å². The highest BCUT2D eigenvalue weighted by Crippen LogP contribution is 2.14. The molecule has 0 amide bonds. The number of carbonyl (C=O) groups excluding carboxylic acids is 1. The van der Waals surface area contributed by atoms with Gasteiger partial charge in [-0.2, -0.15) is 0 Å². The smallest absolute Gasteiger partial charge is 0.305 e. The number of aliphatic carboxylic acids is 1. The van der Waals surface area contributed by atoms with Gasteiger partial charge in [-0.05, 0) is 44.9 Å². The summed E-state index contributed by atoms with van der Waals surface area (Å²) in [5, 5.41) is 8.50. The maximum atomic E-state index is 10.9. The van der Waals surface area contributed by atoms with Crippen LogP contribution in [-0.2, 0) is 14.3 Å². The second-order valence-corrected chi connectivity index (χ2v) is 11.3. The van der Waals surface area contributed by atoms with E-state index in [0.29, 0.717) is 12.8 Å². The van der Waals surface area contributed by atoms with Gasteiger partial charge in [-0.3, -0.25) is 9.59 Å². The molecule has 0 aromatic rings. The lowest BCUT2D eigenvalue weighted by molar-refractivity contribution is -0.141. The van der Waals surface area contributed by atoms with Gasteiger partial charge in [0.05, 0.1) is 7.11 Å². The molecule has 0 fully saturated rings. The first-order chi connectivity index (χ1) is 20.1. The van der Waals surface area contributed by atoms with E-state index in [1.807, 2.05) is 0 Å². The van der Waals surface area contributed by atoms with Crippen LogP contribution in [0.5, 0.6) is 0 Å². The third kappa shape index (κ3) is 42.8. The molecule has 0 saturated carbocycles. The van der Waals surface area contributed by atoms with Crippen LogP contribution < -0.4 is 0 Å². The number of hydrogen-bond acceptors (Lipinski definition) is 3. The van der Waals surface area contributed by atoms with Crippen LogP contribution in [0.3, 0.4) is 0 Å². The Morgan fingerprint density at radius 2 is 0.902 bits per heavy atom. The van der Waals surface area contributed by atoms with Crippen LogP contribution in [0.1, 0.15) is 181 Å². The van der Waals surface area contributed by atoms with E-state index < -0.39 is 5.97 Å². The van der Waals surface area contributed by atoms with Gasteiger partial charge in [0.1, 0.15) is 0 Å². The molecule has 0 aromatic carbocycles. The number of unbranched alkanes of at least 4 members (excludes halogenated alkanes) is 19. The monoisotopic (exact) mass is 577 g/mol. The lowest BCUT2D eigenvalue weighted by atomic mass is 10.0. The molecule has 240 valence electrons. The van der Waals surface area contributed by atoms with Crippen LogP contribution in [0.15, 0.2) is 36.5 Å². The minimum atomic E-state index is -0.675. The highest BCUT2D eigenvalue weighted by molar-refractivity contribution is 5.69. The van der Waals surface area contributed by atoms with Crippen molar-refractivity contribution in [3.05, 3.63) is 36.5 Å². The Morgan fingerprint density at radius 3 is 1.34 bits per heavy atom. The second kappa shape index (κ2) is 38.2. The average Bonchev–Trinajstić information content (AvgIpc) is 2.97. The third-order valence-corrected chi connectivity index (χ3v) is 7.25. The van der Waals surface area contributed by atoms with Crippen molar-refractivity contribution >= 4 is 11.9 Å². The van der Waals surface area contributed by atoms with E-state index in [9.17, 15) is 9.59 Å². The minimum absolute atomic E-state index is 0.0651. The van der Waals surface area contributed by atoms with E-state index in [-0.39, 0.29) is 5.97 Å². The topological polar surface area (TPSA) is 63.6 Å². The first kappa shape index (κ1) is 41.3. The van der Waals surface area contributed by atoms with Crippen molar-refractivity contribution in [2.45, 2.75) is 181 Å². The van der Waals surface area contributed by atoms with Crippen molar-refractivity contribution in [1.82, 2.24) is 0 Å². The molecule has 0 radical (unpaired) electrons. The first-order valence-corrected chi connectivity index (χ1v) is 17.3. The van der Waals surface area contributed by atoms with Crippen molar-refractivity contribution in [3.8, 4) is 0 Å². The summed E-state index contributed by atoms with van der Waals surface area (Å²) in [5.74, 6) is -0.740. The molecular weight excluding hydrogens is 508 g/mol. The zero-order chi connectivity index (χ0) is 30.5. The Hall–Kier alpha value is -1.84. The molecule has 0 unspecified atom stereocenters. The standard InChI is InChI=1S/C19H38O2.C18H30O2/c1-3-4-5-6-7-8-9-10-11-12-13-14-15-16-17-18-19(20)21-2;1-2-3-4-5-6-7-8-9-10-11-12-13-14-15-16-17-18(19)20/h3-18H2,1-2H3;3-4,6-7,9-10H,2,5,8,11-17H2,1H3,(H,19,20)/b;4-3-,7-6-,10-9-. The molecule has 41 heavy (non-hydrogen) atoms.